The van der Waals surface area contributed by atoms with Crippen molar-refractivity contribution in [3.63, 3.8) is 0 Å². The van der Waals surface area contributed by atoms with E-state index in [2.05, 4.69) is 20.4 Å². The van der Waals surface area contributed by atoms with E-state index in [1.165, 1.54) is 11.3 Å². The summed E-state index contributed by atoms with van der Waals surface area (Å²) in [6, 6.07) is 16.4. The highest BCUT2D eigenvalue weighted by Crippen LogP contribution is 2.33. The zero-order chi connectivity index (χ0) is 23.9. The summed E-state index contributed by atoms with van der Waals surface area (Å²) in [6.07, 6.45) is 1.59. The largest absolute Gasteiger partial charge is 0.395 e. The van der Waals surface area contributed by atoms with Crippen molar-refractivity contribution in [1.82, 2.24) is 4.98 Å². The summed E-state index contributed by atoms with van der Waals surface area (Å²) in [4.78, 5) is 23.7. The average molecular weight is 498 g/mol. The second kappa shape index (κ2) is 11.1. The molecule has 4 rings (SSSR count). The van der Waals surface area contributed by atoms with Crippen molar-refractivity contribution < 1.29 is 19.8 Å². The second-order valence-electron chi connectivity index (χ2n) is 7.04. The first-order chi connectivity index (χ1) is 16.6. The van der Waals surface area contributed by atoms with Crippen molar-refractivity contribution in [1.29, 1.82) is 0 Å². The Morgan fingerprint density at radius 1 is 1.03 bits per heavy atom. The molecule has 2 N–H and O–H groups in total. The summed E-state index contributed by atoms with van der Waals surface area (Å²) in [7, 11) is 0. The molecule has 34 heavy (non-hydrogen) atoms. The fraction of sp³-hybridized carbons (Fsp3) is 0.174. The van der Waals surface area contributed by atoms with Gasteiger partial charge in [-0.2, -0.15) is 0 Å². The van der Waals surface area contributed by atoms with Gasteiger partial charge in [0.25, 0.3) is 0 Å². The van der Waals surface area contributed by atoms with Crippen LogP contribution in [0.1, 0.15) is 10.4 Å². The lowest BCUT2D eigenvalue weighted by Gasteiger charge is -2.22. The second-order valence-corrected chi connectivity index (χ2v) is 8.41. The van der Waals surface area contributed by atoms with Crippen LogP contribution < -0.4 is 4.90 Å². The number of carbonyl (C=O) groups is 1. The first-order valence-corrected chi connectivity index (χ1v) is 11.5. The highest BCUT2D eigenvalue weighted by atomic mass is 35.5. The highest BCUT2D eigenvalue weighted by molar-refractivity contribution is 7.16. The van der Waals surface area contributed by atoms with Crippen molar-refractivity contribution in [2.24, 2.45) is 15.4 Å². The number of aliphatic hydroxyl groups excluding tert-OH is 2. The fourth-order valence-corrected chi connectivity index (χ4v) is 4.24. The van der Waals surface area contributed by atoms with E-state index < -0.39 is 5.97 Å². The highest BCUT2D eigenvalue weighted by Gasteiger charge is 2.27. The molecule has 0 amide bonds. The van der Waals surface area contributed by atoms with Crippen molar-refractivity contribution in [3.8, 4) is 0 Å². The number of hydrogen-bond donors (Lipinski definition) is 2. The van der Waals surface area contributed by atoms with Gasteiger partial charge in [-0.1, -0.05) is 58.4 Å². The smallest absolute Gasteiger partial charge is 0.368 e. The third kappa shape index (κ3) is 5.54. The number of oxime groups is 1. The number of rotatable bonds is 9. The summed E-state index contributed by atoms with van der Waals surface area (Å²) in [5.41, 5.74) is 2.91. The van der Waals surface area contributed by atoms with Crippen LogP contribution in [0.3, 0.4) is 0 Å². The molecule has 0 radical (unpaired) electrons. The third-order valence-electron chi connectivity index (χ3n) is 4.82. The van der Waals surface area contributed by atoms with Crippen molar-refractivity contribution in [2.75, 3.05) is 31.2 Å². The molecule has 1 aromatic heterocycles. The van der Waals surface area contributed by atoms with Gasteiger partial charge in [0.2, 0.25) is 5.13 Å². The molecule has 174 valence electrons. The zero-order valence-electron chi connectivity index (χ0n) is 17.8. The van der Waals surface area contributed by atoms with Crippen LogP contribution in [-0.4, -0.2) is 53.2 Å². The van der Waals surface area contributed by atoms with Crippen molar-refractivity contribution >= 4 is 57.2 Å². The lowest BCUT2D eigenvalue weighted by molar-refractivity contribution is -0.136. The Balaban J connectivity index is 1.51. The number of halogens is 1. The molecule has 0 saturated carbocycles. The number of carbonyl (C=O) groups excluding carboxylic acids is 1. The molecule has 1 aliphatic rings. The predicted molar refractivity (Wildman–Crippen MR) is 131 cm³/mol. The average Bonchev–Trinajstić information content (AvgIpc) is 3.40. The van der Waals surface area contributed by atoms with Gasteiger partial charge >= 0.3 is 5.97 Å². The number of aromatic nitrogens is 1. The van der Waals surface area contributed by atoms with Gasteiger partial charge in [0.15, 0.2) is 0 Å². The normalized spacial score (nSPS) is 14.6. The SMILES string of the molecule is O=C1ON=C(c2ccccc2)/C1=C/c1sc(N=Nc2ccc(N(CCO)CCO)cc2)nc1Cl. The molecule has 2 aromatic carbocycles. The number of hydrogen-bond acceptors (Lipinski definition) is 10. The van der Waals surface area contributed by atoms with E-state index in [0.29, 0.717) is 34.5 Å². The lowest BCUT2D eigenvalue weighted by atomic mass is 10.0. The first-order valence-electron chi connectivity index (χ1n) is 10.3. The van der Waals surface area contributed by atoms with Crippen LogP contribution in [0.5, 0.6) is 0 Å². The predicted octanol–water partition coefficient (Wildman–Crippen LogP) is 4.35. The monoisotopic (exact) mass is 497 g/mol. The van der Waals surface area contributed by atoms with Crippen LogP contribution in [0.2, 0.25) is 5.15 Å². The maximum atomic E-state index is 12.2. The van der Waals surface area contributed by atoms with Crippen molar-refractivity contribution in [2.45, 2.75) is 0 Å². The zero-order valence-corrected chi connectivity index (χ0v) is 19.4. The van der Waals surface area contributed by atoms with E-state index in [-0.39, 0.29) is 23.9 Å². The standard InChI is InChI=1S/C23H20ClN5O4S/c24-21-19(14-18-20(28-33-22(18)32)15-4-2-1-3-5-15)34-23(25-21)27-26-16-6-8-17(9-7-16)29(10-12-30)11-13-31/h1-9,14,30-31H,10-13H2/b18-14-,27-26?. The van der Waals surface area contributed by atoms with Crippen LogP contribution in [0.15, 0.2) is 75.6 Å². The van der Waals surface area contributed by atoms with E-state index in [4.69, 9.17) is 16.4 Å². The van der Waals surface area contributed by atoms with Crippen LogP contribution in [0, 0.1) is 0 Å². The maximum Gasteiger partial charge on any atom is 0.368 e. The molecule has 0 bridgehead atoms. The van der Waals surface area contributed by atoms with Gasteiger partial charge in [0.1, 0.15) is 10.9 Å². The molecule has 9 nitrogen and oxygen atoms in total. The molecule has 0 aliphatic carbocycles. The van der Waals surface area contributed by atoms with Gasteiger partial charge in [-0.15, -0.1) is 10.2 Å². The fourth-order valence-electron chi connectivity index (χ4n) is 3.22. The Morgan fingerprint density at radius 3 is 2.41 bits per heavy atom. The first kappa shape index (κ1) is 23.7. The van der Waals surface area contributed by atoms with Gasteiger partial charge in [-0.3, -0.25) is 0 Å². The number of anilines is 1. The van der Waals surface area contributed by atoms with E-state index in [0.717, 1.165) is 11.3 Å². The van der Waals surface area contributed by atoms with Crippen LogP contribution in [-0.2, 0) is 9.63 Å². The topological polar surface area (TPSA) is 120 Å². The van der Waals surface area contributed by atoms with E-state index in [1.807, 2.05) is 47.4 Å². The quantitative estimate of drug-likeness (QED) is 0.257. The van der Waals surface area contributed by atoms with Crippen LogP contribution >= 0.6 is 22.9 Å². The third-order valence-corrected chi connectivity index (χ3v) is 6.11. The molecule has 11 heteroatoms. The van der Waals surface area contributed by atoms with Crippen LogP contribution in [0.25, 0.3) is 6.08 Å². The molecule has 2 heterocycles. The van der Waals surface area contributed by atoms with E-state index in [9.17, 15) is 15.0 Å². The summed E-state index contributed by atoms with van der Waals surface area (Å²) in [5, 5.41) is 31.1. The Hall–Kier alpha value is -3.44. The molecule has 0 unspecified atom stereocenters. The Bertz CT molecular complexity index is 1240. The summed E-state index contributed by atoms with van der Waals surface area (Å²) >= 11 is 7.46. The number of thiazole rings is 1. The molecular weight excluding hydrogens is 478 g/mol. The van der Waals surface area contributed by atoms with Gasteiger partial charge in [-0.05, 0) is 30.3 Å². The summed E-state index contributed by atoms with van der Waals surface area (Å²) < 4.78 is 0. The number of aliphatic hydroxyl groups is 2. The van der Waals surface area contributed by atoms with Gasteiger partial charge < -0.3 is 20.0 Å². The number of benzene rings is 2. The van der Waals surface area contributed by atoms with Gasteiger partial charge in [0.05, 0.1) is 29.4 Å². The number of nitrogens with zero attached hydrogens (tertiary/aromatic N) is 5. The number of azo groups is 1. The Morgan fingerprint density at radius 2 is 1.74 bits per heavy atom. The van der Waals surface area contributed by atoms with Gasteiger partial charge in [0, 0.05) is 24.3 Å². The molecule has 1 aliphatic heterocycles. The van der Waals surface area contributed by atoms with Crippen molar-refractivity contribution in [3.05, 3.63) is 75.8 Å². The Kier molecular flexibility index (Phi) is 7.76. The minimum Gasteiger partial charge on any atom is -0.395 e. The van der Waals surface area contributed by atoms with E-state index >= 15 is 0 Å². The molecule has 0 fully saturated rings. The molecule has 0 spiro atoms. The minimum atomic E-state index is -0.567. The molecule has 0 saturated heterocycles. The summed E-state index contributed by atoms with van der Waals surface area (Å²) in [5.74, 6) is -0.567. The molecule has 3 aromatic rings. The lowest BCUT2D eigenvalue weighted by Crippen LogP contribution is -2.29. The molecule has 0 atom stereocenters. The minimum absolute atomic E-state index is 0.0127. The van der Waals surface area contributed by atoms with E-state index in [1.54, 1.807) is 18.2 Å². The maximum absolute atomic E-state index is 12.2. The molecular formula is C23H20ClN5O4S. The summed E-state index contributed by atoms with van der Waals surface area (Å²) in [6.45, 7) is 0.811. The van der Waals surface area contributed by atoms with Crippen LogP contribution in [0.4, 0.5) is 16.5 Å². The van der Waals surface area contributed by atoms with Gasteiger partial charge in [-0.25, -0.2) is 9.78 Å². The Labute approximate surface area is 204 Å².